The number of halogens is 1. The average Bonchev–Trinajstić information content (AvgIpc) is 3.05. The zero-order valence-corrected chi connectivity index (χ0v) is 12.4. The highest BCUT2D eigenvalue weighted by Gasteiger charge is 2.64. The van der Waals surface area contributed by atoms with Crippen LogP contribution in [0, 0.1) is 17.1 Å². The molecule has 2 aromatic heterocycles. The zero-order valence-electron chi connectivity index (χ0n) is 12.4. The quantitative estimate of drug-likeness (QED) is 0.304. The fourth-order valence-corrected chi connectivity index (χ4v) is 2.82. The molecule has 1 fully saturated rings. The molecule has 25 heavy (non-hydrogen) atoms. The third kappa shape index (κ3) is 2.03. The minimum absolute atomic E-state index is 0.233. The van der Waals surface area contributed by atoms with Crippen molar-refractivity contribution in [2.75, 3.05) is 12.3 Å². The van der Waals surface area contributed by atoms with Crippen LogP contribution in [-0.4, -0.2) is 54.5 Å². The minimum Gasteiger partial charge on any atom is -0.393 e. The van der Waals surface area contributed by atoms with Crippen LogP contribution in [0.2, 0.25) is 0 Å². The van der Waals surface area contributed by atoms with E-state index in [0.717, 1.165) is 16.9 Å². The second-order valence-electron chi connectivity index (χ2n) is 5.31. The van der Waals surface area contributed by atoms with Gasteiger partial charge in [-0.05, 0) is 5.53 Å². The van der Waals surface area contributed by atoms with Crippen molar-refractivity contribution in [3.63, 3.8) is 0 Å². The van der Waals surface area contributed by atoms with Gasteiger partial charge >= 0.3 is 0 Å². The normalized spacial score (nSPS) is 31.6. The SMILES string of the molecule is N#C[C@@]1(c2cc(F)c3c(N)ncnn23)O[C@@](CO)(N=[N+]=[N-])[C@@H](O)[C@H]1O. The Morgan fingerprint density at radius 3 is 2.88 bits per heavy atom. The van der Waals surface area contributed by atoms with E-state index in [1.54, 1.807) is 6.07 Å². The summed E-state index contributed by atoms with van der Waals surface area (Å²) in [7, 11) is 0. The van der Waals surface area contributed by atoms with E-state index in [-0.39, 0.29) is 17.0 Å². The number of hydrogen-bond acceptors (Lipinski definition) is 9. The summed E-state index contributed by atoms with van der Waals surface area (Å²) in [4.78, 5) is 6.08. The third-order valence-corrected chi connectivity index (χ3v) is 4.04. The van der Waals surface area contributed by atoms with Gasteiger partial charge < -0.3 is 25.8 Å². The van der Waals surface area contributed by atoms with Crippen LogP contribution in [0.3, 0.4) is 0 Å². The van der Waals surface area contributed by atoms with Crippen LogP contribution in [0.1, 0.15) is 5.69 Å². The summed E-state index contributed by atoms with van der Waals surface area (Å²) in [6, 6.07) is 2.45. The van der Waals surface area contributed by atoms with Crippen molar-refractivity contribution in [1.29, 1.82) is 5.26 Å². The first-order valence-electron chi connectivity index (χ1n) is 6.79. The highest BCUT2D eigenvalue weighted by Crippen LogP contribution is 2.46. The van der Waals surface area contributed by atoms with Crippen LogP contribution >= 0.6 is 0 Å². The number of nitriles is 1. The zero-order chi connectivity index (χ0) is 18.4. The molecule has 0 spiro atoms. The molecule has 4 atom stereocenters. The second-order valence-corrected chi connectivity index (χ2v) is 5.31. The van der Waals surface area contributed by atoms with Crippen molar-refractivity contribution in [3.8, 4) is 6.07 Å². The summed E-state index contributed by atoms with van der Waals surface area (Å²) in [5.41, 5.74) is 8.89. The summed E-state index contributed by atoms with van der Waals surface area (Å²) in [5, 5.41) is 46.6. The molecule has 3 rings (SSSR count). The van der Waals surface area contributed by atoms with E-state index in [1.165, 1.54) is 0 Å². The molecule has 0 bridgehead atoms. The van der Waals surface area contributed by atoms with Crippen molar-refractivity contribution in [1.82, 2.24) is 14.6 Å². The smallest absolute Gasteiger partial charge is 0.226 e. The van der Waals surface area contributed by atoms with E-state index in [9.17, 15) is 25.0 Å². The monoisotopic (exact) mass is 350 g/mol. The van der Waals surface area contributed by atoms with E-state index in [0.29, 0.717) is 0 Å². The number of aliphatic hydroxyl groups excluding tert-OH is 3. The Kier molecular flexibility index (Phi) is 3.72. The Morgan fingerprint density at radius 1 is 1.56 bits per heavy atom. The van der Waals surface area contributed by atoms with Crippen molar-refractivity contribution in [3.05, 3.63) is 34.3 Å². The first-order valence-corrected chi connectivity index (χ1v) is 6.79. The van der Waals surface area contributed by atoms with Gasteiger partial charge in [0.2, 0.25) is 11.3 Å². The van der Waals surface area contributed by atoms with Crippen molar-refractivity contribution in [2.24, 2.45) is 5.11 Å². The number of ether oxygens (including phenoxy) is 1. The molecule has 0 aliphatic carbocycles. The maximum absolute atomic E-state index is 14.3. The highest BCUT2D eigenvalue weighted by atomic mass is 19.1. The van der Waals surface area contributed by atoms with Crippen LogP contribution in [0.5, 0.6) is 0 Å². The average molecular weight is 350 g/mol. The Hall–Kier alpha value is -3.01. The highest BCUT2D eigenvalue weighted by molar-refractivity contribution is 5.67. The van der Waals surface area contributed by atoms with Crippen molar-refractivity contribution >= 4 is 11.3 Å². The maximum Gasteiger partial charge on any atom is 0.226 e. The van der Waals surface area contributed by atoms with Crippen LogP contribution in [0.15, 0.2) is 17.5 Å². The van der Waals surface area contributed by atoms with Crippen LogP contribution in [-0.2, 0) is 10.3 Å². The standard InChI is InChI=1S/C12H11FN8O4/c13-5-1-6(21-7(5)10(15)17-4-18-21)11(2-14)8(23)9(24)12(3-22,25-11)19-20-16/h1,4,8-9,22-24H,3H2,(H2,15,17,18)/t8-,9+,11+,12-/m1/s1. The number of aromatic nitrogens is 3. The molecule has 12 nitrogen and oxygen atoms in total. The number of aliphatic hydroxyl groups is 3. The van der Waals surface area contributed by atoms with Crippen LogP contribution < -0.4 is 5.73 Å². The van der Waals surface area contributed by atoms with Crippen molar-refractivity contribution in [2.45, 2.75) is 23.5 Å². The molecular weight excluding hydrogens is 339 g/mol. The molecule has 5 N–H and O–H groups in total. The number of nitrogens with zero attached hydrogens (tertiary/aromatic N) is 7. The fraction of sp³-hybridized carbons (Fsp3) is 0.417. The molecule has 1 saturated heterocycles. The Balaban J connectivity index is 2.30. The number of nitrogens with two attached hydrogens (primary N) is 1. The summed E-state index contributed by atoms with van der Waals surface area (Å²) in [5.74, 6) is -1.14. The lowest BCUT2D eigenvalue weighted by molar-refractivity contribution is -0.131. The largest absolute Gasteiger partial charge is 0.393 e. The van der Waals surface area contributed by atoms with Crippen LogP contribution in [0.25, 0.3) is 16.0 Å². The molecule has 0 saturated carbocycles. The number of hydrogen-bond donors (Lipinski definition) is 4. The van der Waals surface area contributed by atoms with Gasteiger partial charge in [0.1, 0.15) is 30.1 Å². The number of nitrogen functional groups attached to an aromatic ring is 1. The van der Waals surface area contributed by atoms with Gasteiger partial charge in [-0.15, -0.1) is 0 Å². The Morgan fingerprint density at radius 2 is 2.28 bits per heavy atom. The Bertz CT molecular complexity index is 937. The fourth-order valence-electron chi connectivity index (χ4n) is 2.82. The number of fused-ring (bicyclic) bond motifs is 1. The van der Waals surface area contributed by atoms with Crippen LogP contribution in [0.4, 0.5) is 10.2 Å². The second kappa shape index (κ2) is 5.52. The predicted molar refractivity (Wildman–Crippen MR) is 76.7 cm³/mol. The summed E-state index contributed by atoms with van der Waals surface area (Å²) in [6.45, 7) is -1.04. The molecule has 13 heteroatoms. The van der Waals surface area contributed by atoms with Gasteiger partial charge in [-0.3, -0.25) is 0 Å². The molecule has 0 radical (unpaired) electrons. The maximum atomic E-state index is 14.3. The summed E-state index contributed by atoms with van der Waals surface area (Å²) < 4.78 is 20.5. The Labute approximate surface area is 138 Å². The van der Waals surface area contributed by atoms with Gasteiger partial charge in [-0.1, -0.05) is 5.11 Å². The summed E-state index contributed by atoms with van der Waals surface area (Å²) in [6.07, 6.45) is -2.98. The van der Waals surface area contributed by atoms with Gasteiger partial charge in [0.15, 0.2) is 11.6 Å². The van der Waals surface area contributed by atoms with E-state index < -0.39 is 36.0 Å². The number of azide groups is 1. The van der Waals surface area contributed by atoms with E-state index >= 15 is 0 Å². The van der Waals surface area contributed by atoms with Gasteiger partial charge in [-0.2, -0.15) is 10.4 Å². The lowest BCUT2D eigenvalue weighted by Crippen LogP contribution is -2.44. The molecular formula is C12H11FN8O4. The number of anilines is 1. The van der Waals surface area contributed by atoms with E-state index in [2.05, 4.69) is 20.1 Å². The predicted octanol–water partition coefficient (Wildman–Crippen LogP) is -1.08. The molecule has 1 aliphatic rings. The van der Waals surface area contributed by atoms with Gasteiger partial charge in [0.25, 0.3) is 0 Å². The van der Waals surface area contributed by atoms with Gasteiger partial charge in [0.05, 0.1) is 12.3 Å². The number of rotatable bonds is 3. The molecule has 0 amide bonds. The van der Waals surface area contributed by atoms with Gasteiger partial charge in [0, 0.05) is 11.0 Å². The third-order valence-electron chi connectivity index (χ3n) is 4.04. The van der Waals surface area contributed by atoms with E-state index in [1.807, 2.05) is 0 Å². The molecule has 1 aliphatic heterocycles. The van der Waals surface area contributed by atoms with Crippen molar-refractivity contribution < 1.29 is 24.4 Å². The first-order chi connectivity index (χ1) is 11.9. The molecule has 3 heterocycles. The molecule has 2 aromatic rings. The minimum atomic E-state index is -2.40. The molecule has 130 valence electrons. The topological polar surface area (TPSA) is 199 Å². The lowest BCUT2D eigenvalue weighted by atomic mass is 9.91. The lowest BCUT2D eigenvalue weighted by Gasteiger charge is -2.26. The van der Waals surface area contributed by atoms with Gasteiger partial charge in [-0.25, -0.2) is 13.9 Å². The molecule has 0 aromatic carbocycles. The van der Waals surface area contributed by atoms with E-state index in [4.69, 9.17) is 16.0 Å². The first kappa shape index (κ1) is 16.8. The summed E-state index contributed by atoms with van der Waals surface area (Å²) >= 11 is 0. The molecule has 0 unspecified atom stereocenters.